The van der Waals surface area contributed by atoms with Gasteiger partial charge in [0.05, 0.1) is 13.2 Å². The topological polar surface area (TPSA) is 114 Å². The van der Waals surface area contributed by atoms with Gasteiger partial charge >= 0.3 is 12.1 Å². The van der Waals surface area contributed by atoms with Gasteiger partial charge in [0.15, 0.2) is 17.6 Å². The number of para-hydroxylation sites is 1. The summed E-state index contributed by atoms with van der Waals surface area (Å²) >= 11 is 0. The maximum Gasteiger partial charge on any atom is 0.412 e. The molecule has 2 rings (SSSR count). The Morgan fingerprint density at radius 3 is 2.52 bits per heavy atom. The molecule has 0 unspecified atom stereocenters. The van der Waals surface area contributed by atoms with Gasteiger partial charge in [-0.05, 0) is 49.6 Å². The van der Waals surface area contributed by atoms with Crippen LogP contribution in [-0.4, -0.2) is 42.1 Å². The number of hydrogen-bond donors (Lipinski definition) is 3. The summed E-state index contributed by atoms with van der Waals surface area (Å²) in [4.78, 5) is 23.3. The molecule has 166 valence electrons. The molecule has 8 nitrogen and oxygen atoms in total. The second-order valence-electron chi connectivity index (χ2n) is 6.56. The molecule has 0 bridgehead atoms. The normalized spacial score (nSPS) is 12.8. The fourth-order valence-electron chi connectivity index (χ4n) is 3.01. The molecule has 0 aliphatic rings. The lowest BCUT2D eigenvalue weighted by Crippen LogP contribution is -2.29. The Hall–Kier alpha value is -3.52. The Kier molecular flexibility index (Phi) is 9.38. The maximum absolute atomic E-state index is 12.6. The van der Waals surface area contributed by atoms with E-state index in [4.69, 9.17) is 19.3 Å². The molecule has 0 aromatic heterocycles. The second kappa shape index (κ2) is 12.2. The second-order valence-corrected chi connectivity index (χ2v) is 6.56. The third-order valence-electron chi connectivity index (χ3n) is 4.38. The number of hydrogen-bond acceptors (Lipinski definition) is 6. The van der Waals surface area contributed by atoms with Gasteiger partial charge in [0, 0.05) is 18.4 Å². The van der Waals surface area contributed by atoms with Crippen molar-refractivity contribution in [3.8, 4) is 11.5 Å². The Morgan fingerprint density at radius 1 is 1.16 bits per heavy atom. The zero-order chi connectivity index (χ0) is 22.6. The van der Waals surface area contributed by atoms with Crippen molar-refractivity contribution in [2.75, 3.05) is 19.0 Å². The molecular formula is C23H27NO7. The van der Waals surface area contributed by atoms with Crippen LogP contribution in [0.25, 0.3) is 0 Å². The van der Waals surface area contributed by atoms with Crippen molar-refractivity contribution in [3.63, 3.8) is 0 Å². The van der Waals surface area contributed by atoms with Crippen LogP contribution >= 0.6 is 0 Å². The van der Waals surface area contributed by atoms with Gasteiger partial charge in [-0.15, -0.1) is 0 Å². The maximum atomic E-state index is 12.6. The van der Waals surface area contributed by atoms with E-state index < -0.39 is 24.3 Å². The number of carbonyl (C=O) groups is 2. The lowest BCUT2D eigenvalue weighted by Gasteiger charge is -2.27. The largest absolute Gasteiger partial charge is 0.504 e. The Balaban J connectivity index is 2.26. The fourth-order valence-corrected chi connectivity index (χ4v) is 3.01. The number of aromatic hydroxyl groups is 1. The van der Waals surface area contributed by atoms with Crippen LogP contribution < -0.4 is 10.1 Å². The van der Waals surface area contributed by atoms with Crippen molar-refractivity contribution in [2.45, 2.75) is 32.0 Å². The van der Waals surface area contributed by atoms with Gasteiger partial charge in [-0.25, -0.2) is 9.59 Å². The third-order valence-corrected chi connectivity index (χ3v) is 4.38. The van der Waals surface area contributed by atoms with Crippen LogP contribution in [0.15, 0.2) is 60.7 Å². The van der Waals surface area contributed by atoms with Gasteiger partial charge < -0.3 is 24.4 Å². The van der Waals surface area contributed by atoms with E-state index in [1.54, 1.807) is 36.4 Å². The molecule has 2 aromatic rings. The highest BCUT2D eigenvalue weighted by atomic mass is 16.6. The van der Waals surface area contributed by atoms with Crippen LogP contribution in [0.4, 0.5) is 10.5 Å². The van der Waals surface area contributed by atoms with Gasteiger partial charge in [0.25, 0.3) is 0 Å². The van der Waals surface area contributed by atoms with Gasteiger partial charge in [0.1, 0.15) is 0 Å². The van der Waals surface area contributed by atoms with Crippen LogP contribution in [0.3, 0.4) is 0 Å². The average molecular weight is 429 g/mol. The smallest absolute Gasteiger partial charge is 0.412 e. The lowest BCUT2D eigenvalue weighted by atomic mass is 9.99. The molecule has 2 atom stereocenters. The van der Waals surface area contributed by atoms with Gasteiger partial charge in [-0.2, -0.15) is 0 Å². The molecule has 1 amide bonds. The van der Waals surface area contributed by atoms with E-state index in [0.717, 1.165) is 6.08 Å². The summed E-state index contributed by atoms with van der Waals surface area (Å²) in [7, 11) is 1.44. The Labute approximate surface area is 181 Å². The van der Waals surface area contributed by atoms with E-state index in [-0.39, 0.29) is 11.5 Å². The van der Waals surface area contributed by atoms with Crippen molar-refractivity contribution in [2.24, 2.45) is 0 Å². The molecule has 31 heavy (non-hydrogen) atoms. The number of allylic oxidation sites excluding steroid dienone is 1. The number of anilines is 1. The zero-order valence-corrected chi connectivity index (χ0v) is 17.5. The first-order chi connectivity index (χ1) is 14.9. The zero-order valence-electron chi connectivity index (χ0n) is 17.5. The number of rotatable bonds is 11. The highest BCUT2D eigenvalue weighted by Gasteiger charge is 2.28. The first-order valence-corrected chi connectivity index (χ1v) is 9.85. The number of ether oxygens (including phenoxy) is 3. The molecular weight excluding hydrogens is 402 g/mol. The van der Waals surface area contributed by atoms with Crippen molar-refractivity contribution in [1.82, 2.24) is 0 Å². The first-order valence-electron chi connectivity index (χ1n) is 9.85. The predicted octanol–water partition coefficient (Wildman–Crippen LogP) is 4.52. The van der Waals surface area contributed by atoms with Crippen molar-refractivity contribution in [3.05, 3.63) is 66.2 Å². The first kappa shape index (κ1) is 23.8. The summed E-state index contributed by atoms with van der Waals surface area (Å²) in [5, 5.41) is 21.6. The number of methoxy groups -OCH3 is 1. The van der Waals surface area contributed by atoms with Gasteiger partial charge in [-0.1, -0.05) is 30.3 Å². The molecule has 0 saturated carbocycles. The highest BCUT2D eigenvalue weighted by molar-refractivity contribution is 5.84. The summed E-state index contributed by atoms with van der Waals surface area (Å²) in [6.45, 7) is 2.17. The minimum atomic E-state index is -1.04. The molecule has 3 N–H and O–H groups in total. The molecule has 2 aromatic carbocycles. The molecule has 8 heteroatoms. The van der Waals surface area contributed by atoms with Gasteiger partial charge in [0.2, 0.25) is 0 Å². The number of phenolic OH excluding ortho intramolecular Hbond substituents is 1. The predicted molar refractivity (Wildman–Crippen MR) is 115 cm³/mol. The minimum absolute atomic E-state index is 0.0990. The monoisotopic (exact) mass is 429 g/mol. The Bertz CT molecular complexity index is 883. The quantitative estimate of drug-likeness (QED) is 0.450. The fraction of sp³-hybridized carbons (Fsp3) is 0.304. The molecule has 0 spiro atoms. The van der Waals surface area contributed by atoms with Crippen LogP contribution in [0, 0.1) is 0 Å². The van der Waals surface area contributed by atoms with E-state index in [9.17, 15) is 14.7 Å². The number of phenols is 1. The number of carbonyl (C=O) groups excluding carboxylic acids is 1. The summed E-state index contributed by atoms with van der Waals surface area (Å²) in [6, 6.07) is 13.6. The van der Waals surface area contributed by atoms with Crippen molar-refractivity contribution >= 4 is 17.7 Å². The van der Waals surface area contributed by atoms with E-state index in [1.807, 2.05) is 13.0 Å². The lowest BCUT2D eigenvalue weighted by molar-refractivity contribution is -0.131. The van der Waals surface area contributed by atoms with E-state index >= 15 is 0 Å². The van der Waals surface area contributed by atoms with Crippen molar-refractivity contribution in [1.29, 1.82) is 0 Å². The van der Waals surface area contributed by atoms with Crippen LogP contribution in [0.1, 0.15) is 31.4 Å². The summed E-state index contributed by atoms with van der Waals surface area (Å²) < 4.78 is 16.6. The Morgan fingerprint density at radius 2 is 1.90 bits per heavy atom. The molecule has 0 aliphatic heterocycles. The van der Waals surface area contributed by atoms with Gasteiger partial charge in [-0.3, -0.25) is 5.32 Å². The number of nitrogens with one attached hydrogen (secondary N) is 1. The molecule has 0 heterocycles. The number of aliphatic carboxylic acids is 1. The molecule has 0 saturated heterocycles. The van der Waals surface area contributed by atoms with E-state index in [0.29, 0.717) is 30.7 Å². The SMILES string of the molecule is CCO[C@@H](CC/C=C/C(=O)O)[C@@H](OC(=O)Nc1ccccc1)c1ccc(OC)c(O)c1. The molecule has 0 radical (unpaired) electrons. The standard InChI is InChI=1S/C23H27NO7/c1-3-30-20(11-7-8-12-21(26)27)22(16-13-14-19(29-2)18(25)15-16)31-23(28)24-17-9-5-4-6-10-17/h4-6,8-10,12-15,20,22,25H,3,7,11H2,1-2H3,(H,24,28)(H,26,27)/b12-8+/t20-,22-/m0/s1. The third kappa shape index (κ3) is 7.67. The number of benzene rings is 2. The van der Waals surface area contributed by atoms with Crippen molar-refractivity contribution < 1.29 is 34.0 Å². The van der Waals surface area contributed by atoms with Crippen LogP contribution in [0.2, 0.25) is 0 Å². The summed E-state index contributed by atoms with van der Waals surface area (Å²) in [5.74, 6) is -0.852. The number of carboxylic acids is 1. The minimum Gasteiger partial charge on any atom is -0.504 e. The summed E-state index contributed by atoms with van der Waals surface area (Å²) in [5.41, 5.74) is 1.09. The highest BCUT2D eigenvalue weighted by Crippen LogP contribution is 2.34. The number of carboxylic acid groups (broad SMARTS) is 1. The van der Waals surface area contributed by atoms with E-state index in [1.165, 1.54) is 19.3 Å². The molecule has 0 fully saturated rings. The van der Waals surface area contributed by atoms with Crippen LogP contribution in [0.5, 0.6) is 11.5 Å². The van der Waals surface area contributed by atoms with Crippen LogP contribution in [-0.2, 0) is 14.3 Å². The number of amides is 1. The summed E-state index contributed by atoms with van der Waals surface area (Å²) in [6.07, 6.45) is 1.27. The molecule has 0 aliphatic carbocycles. The average Bonchev–Trinajstić information content (AvgIpc) is 2.75. The van der Waals surface area contributed by atoms with E-state index in [2.05, 4.69) is 5.32 Å².